The van der Waals surface area contributed by atoms with Gasteiger partial charge >= 0.3 is 0 Å². The Morgan fingerprint density at radius 3 is 2.60 bits per heavy atom. The lowest BCUT2D eigenvalue weighted by Crippen LogP contribution is -2.21. The summed E-state index contributed by atoms with van der Waals surface area (Å²) in [6.07, 6.45) is 4.00. The van der Waals surface area contributed by atoms with Crippen molar-refractivity contribution in [2.24, 2.45) is 7.05 Å². The molecule has 2 heterocycles. The van der Waals surface area contributed by atoms with Crippen molar-refractivity contribution in [2.45, 2.75) is 26.8 Å². The van der Waals surface area contributed by atoms with Crippen LogP contribution in [0.15, 0.2) is 29.3 Å². The lowest BCUT2D eigenvalue weighted by molar-refractivity contribution is -0.116. The van der Waals surface area contributed by atoms with Crippen molar-refractivity contribution >= 4 is 11.7 Å². The van der Waals surface area contributed by atoms with Crippen molar-refractivity contribution in [1.29, 1.82) is 0 Å². The number of nitrogens with one attached hydrogen (secondary N) is 1. The van der Waals surface area contributed by atoms with Gasteiger partial charge in [-0.1, -0.05) is 6.92 Å². The van der Waals surface area contributed by atoms with Crippen LogP contribution in [0.3, 0.4) is 0 Å². The third-order valence-corrected chi connectivity index (χ3v) is 3.14. The minimum absolute atomic E-state index is 0.0720. The number of aromatic nitrogens is 3. The minimum atomic E-state index is -0.147. The highest BCUT2D eigenvalue weighted by Crippen LogP contribution is 2.19. The quantitative estimate of drug-likeness (QED) is 0.907. The molecule has 20 heavy (non-hydrogen) atoms. The Bertz CT molecular complexity index is 664. The van der Waals surface area contributed by atoms with E-state index in [1.165, 1.54) is 12.1 Å². The third-order valence-electron chi connectivity index (χ3n) is 3.14. The van der Waals surface area contributed by atoms with Gasteiger partial charge < -0.3 is 9.88 Å². The van der Waals surface area contributed by atoms with E-state index in [1.54, 1.807) is 28.7 Å². The predicted octanol–water partition coefficient (Wildman–Crippen LogP) is 1.09. The van der Waals surface area contributed by atoms with Crippen molar-refractivity contribution in [3.05, 3.63) is 46.0 Å². The van der Waals surface area contributed by atoms with E-state index in [0.717, 1.165) is 23.5 Å². The van der Waals surface area contributed by atoms with Crippen LogP contribution in [0.25, 0.3) is 0 Å². The average molecular weight is 274 g/mol. The van der Waals surface area contributed by atoms with Gasteiger partial charge in [0, 0.05) is 37.1 Å². The van der Waals surface area contributed by atoms with Crippen molar-refractivity contribution in [3.63, 3.8) is 0 Å². The highest BCUT2D eigenvalue weighted by Gasteiger charge is 2.14. The molecule has 6 heteroatoms. The number of amides is 1. The molecule has 0 aliphatic carbocycles. The minimum Gasteiger partial charge on any atom is -0.345 e. The molecule has 0 bridgehead atoms. The van der Waals surface area contributed by atoms with Crippen molar-refractivity contribution in [2.75, 3.05) is 5.32 Å². The summed E-state index contributed by atoms with van der Waals surface area (Å²) in [5, 5.41) is 7.18. The van der Waals surface area contributed by atoms with Crippen LogP contribution in [0, 0.1) is 6.92 Å². The SMILES string of the molecule is CCc1c(C)nn(C)c1NC(=O)Cn1ccc(=O)cc1. The second-order valence-corrected chi connectivity index (χ2v) is 4.64. The van der Waals surface area contributed by atoms with E-state index in [4.69, 9.17) is 0 Å². The smallest absolute Gasteiger partial charge is 0.245 e. The van der Waals surface area contributed by atoms with Gasteiger partial charge in [0.05, 0.1) is 5.69 Å². The van der Waals surface area contributed by atoms with E-state index in [0.29, 0.717) is 0 Å². The predicted molar refractivity (Wildman–Crippen MR) is 76.7 cm³/mol. The summed E-state index contributed by atoms with van der Waals surface area (Å²) in [5.74, 6) is 0.586. The molecule has 0 atom stereocenters. The van der Waals surface area contributed by atoms with Gasteiger partial charge in [-0.25, -0.2) is 0 Å². The summed E-state index contributed by atoms with van der Waals surface area (Å²) in [6.45, 7) is 4.12. The maximum Gasteiger partial charge on any atom is 0.245 e. The normalized spacial score (nSPS) is 10.6. The lowest BCUT2D eigenvalue weighted by atomic mass is 10.2. The monoisotopic (exact) mass is 274 g/mol. The zero-order chi connectivity index (χ0) is 14.7. The van der Waals surface area contributed by atoms with E-state index >= 15 is 0 Å². The van der Waals surface area contributed by atoms with Gasteiger partial charge in [-0.3, -0.25) is 14.3 Å². The van der Waals surface area contributed by atoms with Crippen LogP contribution in [0.5, 0.6) is 0 Å². The highest BCUT2D eigenvalue weighted by atomic mass is 16.2. The fraction of sp³-hybridized carbons (Fsp3) is 0.357. The van der Waals surface area contributed by atoms with Crippen molar-refractivity contribution in [1.82, 2.24) is 14.3 Å². The lowest BCUT2D eigenvalue weighted by Gasteiger charge is -2.09. The fourth-order valence-corrected chi connectivity index (χ4v) is 2.17. The number of rotatable bonds is 4. The Morgan fingerprint density at radius 1 is 1.35 bits per heavy atom. The highest BCUT2D eigenvalue weighted by molar-refractivity contribution is 5.90. The van der Waals surface area contributed by atoms with Crippen LogP contribution in [0.1, 0.15) is 18.2 Å². The van der Waals surface area contributed by atoms with Crippen LogP contribution < -0.4 is 10.7 Å². The van der Waals surface area contributed by atoms with Crippen LogP contribution in [-0.2, 0) is 24.8 Å². The van der Waals surface area contributed by atoms with E-state index < -0.39 is 0 Å². The zero-order valence-electron chi connectivity index (χ0n) is 11.9. The molecule has 0 aromatic carbocycles. The number of carbonyl (C=O) groups is 1. The molecule has 0 saturated heterocycles. The second kappa shape index (κ2) is 5.73. The van der Waals surface area contributed by atoms with Gasteiger partial charge in [0.2, 0.25) is 5.91 Å². The Hall–Kier alpha value is -2.37. The zero-order valence-corrected chi connectivity index (χ0v) is 11.9. The van der Waals surface area contributed by atoms with Crippen LogP contribution in [-0.4, -0.2) is 20.3 Å². The number of hydrogen-bond donors (Lipinski definition) is 1. The first-order chi connectivity index (χ1) is 9.51. The first-order valence-corrected chi connectivity index (χ1v) is 6.49. The molecule has 0 radical (unpaired) electrons. The summed E-state index contributed by atoms with van der Waals surface area (Å²) in [5.41, 5.74) is 1.90. The molecule has 0 unspecified atom stereocenters. The maximum absolute atomic E-state index is 12.0. The largest absolute Gasteiger partial charge is 0.345 e. The van der Waals surface area contributed by atoms with E-state index in [9.17, 15) is 9.59 Å². The fourth-order valence-electron chi connectivity index (χ4n) is 2.17. The number of pyridine rings is 1. The summed E-state index contributed by atoms with van der Waals surface area (Å²) in [4.78, 5) is 23.0. The molecule has 106 valence electrons. The molecule has 0 fully saturated rings. The first kappa shape index (κ1) is 14.0. The van der Waals surface area contributed by atoms with E-state index in [1.807, 2.05) is 13.8 Å². The third kappa shape index (κ3) is 2.96. The van der Waals surface area contributed by atoms with Gasteiger partial charge in [-0.05, 0) is 13.3 Å². The summed E-state index contributed by atoms with van der Waals surface area (Å²) >= 11 is 0. The molecule has 1 amide bonds. The molecule has 0 spiro atoms. The molecule has 2 rings (SSSR count). The Kier molecular flexibility index (Phi) is 4.02. The number of nitrogens with zero attached hydrogens (tertiary/aromatic N) is 3. The number of hydrogen-bond acceptors (Lipinski definition) is 3. The first-order valence-electron chi connectivity index (χ1n) is 6.49. The Balaban J connectivity index is 2.12. The van der Waals surface area contributed by atoms with E-state index in [2.05, 4.69) is 10.4 Å². The topological polar surface area (TPSA) is 68.9 Å². The van der Waals surface area contributed by atoms with Crippen LogP contribution in [0.4, 0.5) is 5.82 Å². The second-order valence-electron chi connectivity index (χ2n) is 4.64. The Morgan fingerprint density at radius 2 is 2.00 bits per heavy atom. The van der Waals surface area contributed by atoms with Gasteiger partial charge in [-0.15, -0.1) is 0 Å². The van der Waals surface area contributed by atoms with Crippen molar-refractivity contribution < 1.29 is 4.79 Å². The van der Waals surface area contributed by atoms with E-state index in [-0.39, 0.29) is 17.9 Å². The standard InChI is InChI=1S/C14H18N4O2/c1-4-12-10(2)16-17(3)14(12)15-13(20)9-18-7-5-11(19)6-8-18/h5-8H,4,9H2,1-3H3,(H,15,20). The van der Waals surface area contributed by atoms with Gasteiger partial charge in [0.25, 0.3) is 0 Å². The number of carbonyl (C=O) groups excluding carboxylic acids is 1. The van der Waals surface area contributed by atoms with Gasteiger partial charge in [0.15, 0.2) is 5.43 Å². The van der Waals surface area contributed by atoms with Crippen LogP contribution >= 0.6 is 0 Å². The van der Waals surface area contributed by atoms with Crippen LogP contribution in [0.2, 0.25) is 0 Å². The molecule has 0 saturated carbocycles. The summed E-state index contributed by atoms with van der Waals surface area (Å²) in [7, 11) is 1.81. The summed E-state index contributed by atoms with van der Waals surface area (Å²) in [6, 6.07) is 2.86. The van der Waals surface area contributed by atoms with Gasteiger partial charge in [0.1, 0.15) is 12.4 Å². The van der Waals surface area contributed by atoms with Crippen molar-refractivity contribution in [3.8, 4) is 0 Å². The summed E-state index contributed by atoms with van der Waals surface area (Å²) < 4.78 is 3.34. The molecule has 2 aromatic heterocycles. The molecular weight excluding hydrogens is 256 g/mol. The number of anilines is 1. The maximum atomic E-state index is 12.0. The Labute approximate surface area is 117 Å². The molecule has 0 aliphatic rings. The average Bonchev–Trinajstić information content (AvgIpc) is 2.66. The van der Waals surface area contributed by atoms with Gasteiger partial charge in [-0.2, -0.15) is 5.10 Å². The number of aryl methyl sites for hydroxylation is 2. The molecule has 2 aromatic rings. The molecule has 6 nitrogen and oxygen atoms in total. The molecule has 1 N–H and O–H groups in total. The molecule has 0 aliphatic heterocycles. The molecular formula is C14H18N4O2.